The summed E-state index contributed by atoms with van der Waals surface area (Å²) in [5.74, 6) is 1.92. The second-order valence-electron chi connectivity index (χ2n) is 3.40. The summed E-state index contributed by atoms with van der Waals surface area (Å²) < 4.78 is 21.8. The maximum absolute atomic E-state index is 12.0. The van der Waals surface area contributed by atoms with Crippen LogP contribution in [0.15, 0.2) is 33.7 Å². The zero-order chi connectivity index (χ0) is 12.3. The molecular weight excluding hydrogens is 240 g/mol. The topological polar surface area (TPSA) is 65.2 Å². The second-order valence-corrected chi connectivity index (χ2v) is 4.85. The summed E-state index contributed by atoms with van der Waals surface area (Å²) in [4.78, 5) is 4.73. The second kappa shape index (κ2) is 5.09. The molecule has 2 aromatic rings. The summed E-state index contributed by atoms with van der Waals surface area (Å²) in [5, 5.41) is 3.71. The molecule has 1 aromatic heterocycles. The highest BCUT2D eigenvalue weighted by atomic mass is 32.2. The first-order chi connectivity index (χ1) is 8.19. The highest BCUT2D eigenvalue weighted by molar-refractivity contribution is 7.84. The minimum Gasteiger partial charge on any atom is -0.497 e. The Morgan fingerprint density at radius 2 is 2.06 bits per heavy atom. The lowest BCUT2D eigenvalue weighted by atomic mass is 10.3. The van der Waals surface area contributed by atoms with Crippen LogP contribution in [-0.4, -0.2) is 21.5 Å². The van der Waals surface area contributed by atoms with Crippen LogP contribution < -0.4 is 4.74 Å². The SMILES string of the molecule is COc1ccc([S@](=O)Cc2noc(C)n2)cc1. The van der Waals surface area contributed by atoms with Gasteiger partial charge in [0.25, 0.3) is 0 Å². The van der Waals surface area contributed by atoms with E-state index in [1.165, 1.54) is 0 Å². The summed E-state index contributed by atoms with van der Waals surface area (Å²) in [6, 6.07) is 7.08. The van der Waals surface area contributed by atoms with Crippen molar-refractivity contribution < 1.29 is 13.5 Å². The van der Waals surface area contributed by atoms with Gasteiger partial charge in [-0.1, -0.05) is 5.16 Å². The Kier molecular flexibility index (Phi) is 3.53. The van der Waals surface area contributed by atoms with Crippen LogP contribution in [0.1, 0.15) is 11.7 Å². The molecule has 1 atom stereocenters. The summed E-state index contributed by atoms with van der Waals surface area (Å²) in [7, 11) is 0.419. The fourth-order valence-electron chi connectivity index (χ4n) is 1.33. The average Bonchev–Trinajstić information content (AvgIpc) is 2.75. The van der Waals surface area contributed by atoms with Crippen molar-refractivity contribution >= 4 is 10.8 Å². The number of rotatable bonds is 4. The Hall–Kier alpha value is -1.69. The van der Waals surface area contributed by atoms with Crippen LogP contribution in [0.25, 0.3) is 0 Å². The fourth-order valence-corrected chi connectivity index (χ4v) is 2.29. The predicted octanol–water partition coefficient (Wildman–Crippen LogP) is 1.69. The van der Waals surface area contributed by atoms with Gasteiger partial charge in [0.1, 0.15) is 5.75 Å². The fraction of sp³-hybridized carbons (Fsp3) is 0.273. The molecule has 0 spiro atoms. The van der Waals surface area contributed by atoms with E-state index in [0.717, 1.165) is 5.75 Å². The van der Waals surface area contributed by atoms with E-state index in [9.17, 15) is 4.21 Å². The molecule has 0 bridgehead atoms. The summed E-state index contributed by atoms with van der Waals surface area (Å²) in [6.45, 7) is 1.70. The standard InChI is InChI=1S/C11H12N2O3S/c1-8-12-11(13-16-8)7-17(14)10-5-3-9(15-2)4-6-10/h3-6H,7H2,1-2H3/t17-/m1/s1. The molecule has 0 aliphatic rings. The van der Waals surface area contributed by atoms with Crippen molar-refractivity contribution in [3.8, 4) is 5.75 Å². The molecule has 0 unspecified atom stereocenters. The number of benzene rings is 1. The highest BCUT2D eigenvalue weighted by Crippen LogP contribution is 2.16. The van der Waals surface area contributed by atoms with Crippen molar-refractivity contribution in [2.24, 2.45) is 0 Å². The maximum atomic E-state index is 12.0. The number of hydrogen-bond acceptors (Lipinski definition) is 5. The largest absolute Gasteiger partial charge is 0.497 e. The lowest BCUT2D eigenvalue weighted by Crippen LogP contribution is -1.98. The van der Waals surface area contributed by atoms with Gasteiger partial charge in [0.15, 0.2) is 5.82 Å². The number of nitrogens with zero attached hydrogens (tertiary/aromatic N) is 2. The molecule has 0 radical (unpaired) electrons. The molecule has 0 amide bonds. The molecule has 0 saturated carbocycles. The van der Waals surface area contributed by atoms with Crippen LogP contribution in [0.2, 0.25) is 0 Å². The number of aryl methyl sites for hydroxylation is 1. The van der Waals surface area contributed by atoms with Crippen molar-refractivity contribution in [3.63, 3.8) is 0 Å². The zero-order valence-corrected chi connectivity index (χ0v) is 10.4. The Balaban J connectivity index is 2.09. The van der Waals surface area contributed by atoms with E-state index in [2.05, 4.69) is 10.1 Å². The average molecular weight is 252 g/mol. The predicted molar refractivity (Wildman–Crippen MR) is 62.1 cm³/mol. The number of ether oxygens (including phenoxy) is 1. The van der Waals surface area contributed by atoms with Gasteiger partial charge in [-0.3, -0.25) is 4.21 Å². The van der Waals surface area contributed by atoms with Gasteiger partial charge in [-0.2, -0.15) is 4.98 Å². The quantitative estimate of drug-likeness (QED) is 0.828. The molecule has 0 fully saturated rings. The Morgan fingerprint density at radius 1 is 1.35 bits per heavy atom. The van der Waals surface area contributed by atoms with Crippen LogP contribution in [-0.2, 0) is 16.6 Å². The van der Waals surface area contributed by atoms with Gasteiger partial charge in [-0.25, -0.2) is 0 Å². The molecule has 1 aromatic carbocycles. The smallest absolute Gasteiger partial charge is 0.223 e. The third kappa shape index (κ3) is 2.91. The molecule has 0 N–H and O–H groups in total. The van der Waals surface area contributed by atoms with E-state index < -0.39 is 10.8 Å². The monoisotopic (exact) mass is 252 g/mol. The van der Waals surface area contributed by atoms with E-state index in [1.54, 1.807) is 38.3 Å². The molecule has 6 heteroatoms. The molecule has 17 heavy (non-hydrogen) atoms. The minimum absolute atomic E-state index is 0.254. The van der Waals surface area contributed by atoms with E-state index in [1.807, 2.05) is 0 Å². The van der Waals surface area contributed by atoms with Gasteiger partial charge in [-0.05, 0) is 24.3 Å². The van der Waals surface area contributed by atoms with Gasteiger partial charge in [0.2, 0.25) is 5.89 Å². The Morgan fingerprint density at radius 3 is 2.59 bits per heavy atom. The Labute approximate surface area is 101 Å². The number of aromatic nitrogens is 2. The van der Waals surface area contributed by atoms with E-state index >= 15 is 0 Å². The molecule has 90 valence electrons. The lowest BCUT2D eigenvalue weighted by Gasteiger charge is -2.01. The molecule has 1 heterocycles. The minimum atomic E-state index is -1.17. The van der Waals surface area contributed by atoms with Crippen molar-refractivity contribution in [2.45, 2.75) is 17.6 Å². The molecule has 2 rings (SSSR count). The zero-order valence-electron chi connectivity index (χ0n) is 9.54. The van der Waals surface area contributed by atoms with Crippen LogP contribution >= 0.6 is 0 Å². The van der Waals surface area contributed by atoms with Gasteiger partial charge >= 0.3 is 0 Å². The highest BCUT2D eigenvalue weighted by Gasteiger charge is 2.09. The first kappa shape index (κ1) is 11.8. The summed E-state index contributed by atoms with van der Waals surface area (Å²) >= 11 is 0. The first-order valence-electron chi connectivity index (χ1n) is 5.00. The van der Waals surface area contributed by atoms with Crippen molar-refractivity contribution in [3.05, 3.63) is 36.0 Å². The summed E-state index contributed by atoms with van der Waals surface area (Å²) in [6.07, 6.45) is 0. The van der Waals surface area contributed by atoms with Crippen molar-refractivity contribution in [1.29, 1.82) is 0 Å². The van der Waals surface area contributed by atoms with Gasteiger partial charge < -0.3 is 9.26 Å². The van der Waals surface area contributed by atoms with Crippen molar-refractivity contribution in [2.75, 3.05) is 7.11 Å². The van der Waals surface area contributed by atoms with Crippen molar-refractivity contribution in [1.82, 2.24) is 10.1 Å². The summed E-state index contributed by atoms with van der Waals surface area (Å²) in [5.41, 5.74) is 0. The first-order valence-corrected chi connectivity index (χ1v) is 6.32. The molecule has 5 nitrogen and oxygen atoms in total. The molecular formula is C11H12N2O3S. The van der Waals surface area contributed by atoms with E-state index in [4.69, 9.17) is 9.26 Å². The normalized spacial score (nSPS) is 12.4. The van der Waals surface area contributed by atoms with E-state index in [-0.39, 0.29) is 5.75 Å². The van der Waals surface area contributed by atoms with Gasteiger partial charge in [-0.15, -0.1) is 0 Å². The van der Waals surface area contributed by atoms with Crippen LogP contribution in [0.4, 0.5) is 0 Å². The third-order valence-electron chi connectivity index (χ3n) is 2.15. The molecule has 0 aliphatic heterocycles. The van der Waals surface area contributed by atoms with Gasteiger partial charge in [0, 0.05) is 11.8 Å². The maximum Gasteiger partial charge on any atom is 0.223 e. The lowest BCUT2D eigenvalue weighted by molar-refractivity contribution is 0.389. The van der Waals surface area contributed by atoms with Crippen LogP contribution in [0.5, 0.6) is 5.75 Å². The molecule has 0 saturated heterocycles. The van der Waals surface area contributed by atoms with Crippen LogP contribution in [0.3, 0.4) is 0 Å². The van der Waals surface area contributed by atoms with Crippen LogP contribution in [0, 0.1) is 6.92 Å². The molecule has 0 aliphatic carbocycles. The third-order valence-corrected chi connectivity index (χ3v) is 3.47. The van der Waals surface area contributed by atoms with Gasteiger partial charge in [0.05, 0.1) is 23.7 Å². The number of methoxy groups -OCH3 is 1. The number of hydrogen-bond donors (Lipinski definition) is 0. The Bertz CT molecular complexity index is 522. The van der Waals surface area contributed by atoms with E-state index in [0.29, 0.717) is 16.6 Å².